The number of carbonyl (C=O) groups is 2. The Morgan fingerprint density at radius 1 is 1.60 bits per heavy atom. The first-order valence-corrected chi connectivity index (χ1v) is 4.61. The largest absolute Gasteiger partial charge is 0.478 e. The van der Waals surface area contributed by atoms with Crippen molar-refractivity contribution < 1.29 is 14.7 Å². The number of nitrogens with one attached hydrogen (secondary N) is 1. The number of aryl methyl sites for hydroxylation is 1. The van der Waals surface area contributed by atoms with E-state index < -0.39 is 5.97 Å². The van der Waals surface area contributed by atoms with Crippen LogP contribution in [0.25, 0.3) is 0 Å². The molecule has 5 nitrogen and oxygen atoms in total. The average Bonchev–Trinajstić information content (AvgIpc) is 2.16. The van der Waals surface area contributed by atoms with Crippen molar-refractivity contribution in [2.45, 2.75) is 13.3 Å². The Kier molecular flexibility index (Phi) is 2.15. The van der Waals surface area contributed by atoms with Gasteiger partial charge in [0.15, 0.2) is 0 Å². The van der Waals surface area contributed by atoms with Gasteiger partial charge in [-0.15, -0.1) is 0 Å². The minimum atomic E-state index is -1.05. The van der Waals surface area contributed by atoms with Gasteiger partial charge in [-0.2, -0.15) is 0 Å². The summed E-state index contributed by atoms with van der Waals surface area (Å²) in [7, 11) is 0. The molecule has 2 heterocycles. The van der Waals surface area contributed by atoms with E-state index in [9.17, 15) is 9.59 Å². The number of aromatic nitrogens is 1. The number of carbonyl (C=O) groups excluding carboxylic acids is 1. The van der Waals surface area contributed by atoms with Gasteiger partial charge in [0.05, 0.1) is 22.5 Å². The van der Waals surface area contributed by atoms with Gasteiger partial charge < -0.3 is 10.4 Å². The molecule has 1 amide bonds. The number of nitrogens with zero attached hydrogens (tertiary/aromatic N) is 1. The van der Waals surface area contributed by atoms with E-state index in [0.29, 0.717) is 29.9 Å². The van der Waals surface area contributed by atoms with Crippen molar-refractivity contribution in [2.75, 3.05) is 6.54 Å². The van der Waals surface area contributed by atoms with E-state index in [0.717, 1.165) is 0 Å². The van der Waals surface area contributed by atoms with Gasteiger partial charge >= 0.3 is 5.97 Å². The van der Waals surface area contributed by atoms with Crippen LogP contribution in [0.1, 0.15) is 32.1 Å². The fourth-order valence-corrected chi connectivity index (χ4v) is 1.65. The maximum atomic E-state index is 11.4. The molecule has 2 rings (SSSR count). The molecular formula is C10H10N2O3. The molecule has 15 heavy (non-hydrogen) atoms. The minimum absolute atomic E-state index is 0.0887. The fraction of sp³-hybridized carbons (Fsp3) is 0.300. The predicted octanol–water partition coefficient (Wildman–Crippen LogP) is 0.374. The maximum Gasteiger partial charge on any atom is 0.337 e. The Hall–Kier alpha value is -1.91. The summed E-state index contributed by atoms with van der Waals surface area (Å²) in [4.78, 5) is 26.4. The van der Waals surface area contributed by atoms with Crippen LogP contribution in [0, 0.1) is 6.92 Å². The number of carboxylic acids is 1. The van der Waals surface area contributed by atoms with Crippen LogP contribution in [0.3, 0.4) is 0 Å². The molecule has 0 bridgehead atoms. The Morgan fingerprint density at radius 3 is 3.00 bits per heavy atom. The second-order valence-corrected chi connectivity index (χ2v) is 3.43. The summed E-state index contributed by atoms with van der Waals surface area (Å²) in [5.41, 5.74) is 1.60. The molecule has 2 N–H and O–H groups in total. The monoisotopic (exact) mass is 206 g/mol. The second kappa shape index (κ2) is 3.34. The summed E-state index contributed by atoms with van der Waals surface area (Å²) in [5.74, 6) is -1.30. The number of pyridine rings is 1. The van der Waals surface area contributed by atoms with Crippen molar-refractivity contribution in [2.24, 2.45) is 0 Å². The third-order valence-electron chi connectivity index (χ3n) is 2.41. The van der Waals surface area contributed by atoms with Crippen molar-refractivity contribution in [3.8, 4) is 0 Å². The maximum absolute atomic E-state index is 11.4. The van der Waals surface area contributed by atoms with Gasteiger partial charge in [-0.1, -0.05) is 0 Å². The van der Waals surface area contributed by atoms with E-state index in [-0.39, 0.29) is 11.5 Å². The van der Waals surface area contributed by atoms with E-state index in [2.05, 4.69) is 10.3 Å². The zero-order valence-electron chi connectivity index (χ0n) is 8.20. The predicted molar refractivity (Wildman–Crippen MR) is 52.0 cm³/mol. The molecule has 0 radical (unpaired) electrons. The highest BCUT2D eigenvalue weighted by molar-refractivity contribution is 5.99. The van der Waals surface area contributed by atoms with Crippen LogP contribution in [-0.4, -0.2) is 28.5 Å². The van der Waals surface area contributed by atoms with Crippen molar-refractivity contribution in [3.05, 3.63) is 28.6 Å². The fourth-order valence-electron chi connectivity index (χ4n) is 1.65. The first-order chi connectivity index (χ1) is 7.09. The van der Waals surface area contributed by atoms with E-state index in [1.54, 1.807) is 6.92 Å². The molecule has 0 saturated carbocycles. The van der Waals surface area contributed by atoms with Gasteiger partial charge in [-0.05, 0) is 13.0 Å². The lowest BCUT2D eigenvalue weighted by Gasteiger charge is -2.16. The van der Waals surface area contributed by atoms with Crippen molar-refractivity contribution >= 4 is 11.9 Å². The lowest BCUT2D eigenvalue weighted by Crippen LogP contribution is -2.33. The van der Waals surface area contributed by atoms with E-state index in [4.69, 9.17) is 5.11 Å². The van der Waals surface area contributed by atoms with Crippen molar-refractivity contribution in [1.29, 1.82) is 0 Å². The Bertz CT molecular complexity index is 454. The number of carboxylic acid groups (broad SMARTS) is 1. The van der Waals surface area contributed by atoms with Crippen LogP contribution in [0.15, 0.2) is 6.07 Å². The zero-order chi connectivity index (χ0) is 11.0. The quantitative estimate of drug-likeness (QED) is 0.696. The highest BCUT2D eigenvalue weighted by atomic mass is 16.4. The van der Waals surface area contributed by atoms with Gasteiger partial charge in [0, 0.05) is 13.0 Å². The van der Waals surface area contributed by atoms with Crippen molar-refractivity contribution in [3.63, 3.8) is 0 Å². The minimum Gasteiger partial charge on any atom is -0.478 e. The standard InChI is InChI=1S/C10H10N2O3/c1-5-6(10(14)15)4-7-8(12-5)2-3-11-9(7)13/h4H,2-3H2,1H3,(H,11,13)(H,14,15). The van der Waals surface area contributed by atoms with Crippen molar-refractivity contribution in [1.82, 2.24) is 10.3 Å². The summed E-state index contributed by atoms with van der Waals surface area (Å²) >= 11 is 0. The molecule has 0 aliphatic carbocycles. The molecule has 5 heteroatoms. The molecule has 0 fully saturated rings. The molecule has 1 aromatic heterocycles. The highest BCUT2D eigenvalue weighted by Crippen LogP contribution is 2.16. The molecule has 0 spiro atoms. The summed E-state index contributed by atoms with van der Waals surface area (Å²) in [5, 5.41) is 11.5. The summed E-state index contributed by atoms with van der Waals surface area (Å²) in [6.07, 6.45) is 0.655. The van der Waals surface area contributed by atoms with Gasteiger partial charge in [0.1, 0.15) is 0 Å². The number of amides is 1. The smallest absolute Gasteiger partial charge is 0.337 e. The third-order valence-corrected chi connectivity index (χ3v) is 2.41. The van der Waals surface area contributed by atoms with Gasteiger partial charge in [0.25, 0.3) is 5.91 Å². The van der Waals surface area contributed by atoms with Gasteiger partial charge in [-0.3, -0.25) is 9.78 Å². The summed E-state index contributed by atoms with van der Waals surface area (Å²) in [6, 6.07) is 1.40. The molecule has 1 aromatic rings. The highest BCUT2D eigenvalue weighted by Gasteiger charge is 2.21. The molecule has 0 aromatic carbocycles. The Balaban J connectivity index is 2.60. The molecule has 78 valence electrons. The van der Waals surface area contributed by atoms with Crippen LogP contribution in [0.4, 0.5) is 0 Å². The Labute approximate surface area is 86.1 Å². The van der Waals surface area contributed by atoms with Crippen LogP contribution in [-0.2, 0) is 6.42 Å². The summed E-state index contributed by atoms with van der Waals surface area (Å²) < 4.78 is 0. The molecular weight excluding hydrogens is 196 g/mol. The average molecular weight is 206 g/mol. The first-order valence-electron chi connectivity index (χ1n) is 4.61. The SMILES string of the molecule is Cc1nc2c(cc1C(=O)O)C(=O)NCC2. The first kappa shape index (κ1) is 9.64. The van der Waals surface area contributed by atoms with Crippen LogP contribution < -0.4 is 5.32 Å². The topological polar surface area (TPSA) is 79.3 Å². The third kappa shape index (κ3) is 1.56. The lowest BCUT2D eigenvalue weighted by atomic mass is 10.0. The second-order valence-electron chi connectivity index (χ2n) is 3.43. The number of rotatable bonds is 1. The molecule has 0 unspecified atom stereocenters. The number of hydrogen-bond donors (Lipinski definition) is 2. The Morgan fingerprint density at radius 2 is 2.33 bits per heavy atom. The molecule has 0 saturated heterocycles. The lowest BCUT2D eigenvalue weighted by molar-refractivity contribution is 0.0695. The van der Waals surface area contributed by atoms with Gasteiger partial charge in [-0.25, -0.2) is 4.79 Å². The summed E-state index contributed by atoms with van der Waals surface area (Å²) in [6.45, 7) is 2.20. The number of aromatic carboxylic acids is 1. The van der Waals surface area contributed by atoms with E-state index >= 15 is 0 Å². The van der Waals surface area contributed by atoms with Gasteiger partial charge in [0.2, 0.25) is 0 Å². The van der Waals surface area contributed by atoms with Crippen LogP contribution in [0.5, 0.6) is 0 Å². The molecule has 1 aliphatic rings. The number of fused-ring (bicyclic) bond motifs is 1. The molecule has 1 aliphatic heterocycles. The van der Waals surface area contributed by atoms with E-state index in [1.807, 2.05) is 0 Å². The number of hydrogen-bond acceptors (Lipinski definition) is 3. The van der Waals surface area contributed by atoms with Crippen LogP contribution in [0.2, 0.25) is 0 Å². The normalized spacial score (nSPS) is 14.3. The van der Waals surface area contributed by atoms with E-state index in [1.165, 1.54) is 6.07 Å². The van der Waals surface area contributed by atoms with Crippen LogP contribution >= 0.6 is 0 Å². The zero-order valence-corrected chi connectivity index (χ0v) is 8.20. The molecule has 0 atom stereocenters.